The van der Waals surface area contributed by atoms with E-state index in [4.69, 9.17) is 11.6 Å². The first kappa shape index (κ1) is 15.7. The maximum Gasteiger partial charge on any atom is 0.417 e. The molecule has 0 bridgehead atoms. The second-order valence-electron chi connectivity index (χ2n) is 4.90. The third-order valence-corrected chi connectivity index (χ3v) is 3.50. The summed E-state index contributed by atoms with van der Waals surface area (Å²) in [7, 11) is 1.80. The van der Waals surface area contributed by atoms with Crippen LogP contribution in [-0.2, 0) is 13.2 Å². The largest absolute Gasteiger partial charge is 0.417 e. The minimum absolute atomic E-state index is 0.166. The SMILES string of the molecule is Cc1nn(C)cc1C(C)Nc1ccc(Cl)c(C(F)(F)F)c1. The topological polar surface area (TPSA) is 29.9 Å². The zero-order valence-electron chi connectivity index (χ0n) is 11.8. The predicted molar refractivity (Wildman–Crippen MR) is 76.4 cm³/mol. The highest BCUT2D eigenvalue weighted by atomic mass is 35.5. The Morgan fingerprint density at radius 3 is 2.52 bits per heavy atom. The maximum absolute atomic E-state index is 12.8. The molecule has 0 aliphatic heterocycles. The molecule has 0 amide bonds. The second kappa shape index (κ2) is 5.60. The minimum atomic E-state index is -4.47. The number of alkyl halides is 3. The Balaban J connectivity index is 2.26. The summed E-state index contributed by atoms with van der Waals surface area (Å²) in [5.41, 5.74) is 1.29. The van der Waals surface area contributed by atoms with Crippen molar-refractivity contribution < 1.29 is 13.2 Å². The number of halogens is 4. The average molecular weight is 318 g/mol. The van der Waals surface area contributed by atoms with Crippen LogP contribution in [0.1, 0.15) is 29.8 Å². The van der Waals surface area contributed by atoms with Crippen molar-refractivity contribution in [2.24, 2.45) is 7.05 Å². The van der Waals surface area contributed by atoms with Crippen LogP contribution in [0.5, 0.6) is 0 Å². The Morgan fingerprint density at radius 1 is 1.33 bits per heavy atom. The summed E-state index contributed by atoms with van der Waals surface area (Å²) in [4.78, 5) is 0. The molecule has 1 aromatic carbocycles. The molecular formula is C14H15ClF3N3. The van der Waals surface area contributed by atoms with Crippen molar-refractivity contribution in [1.82, 2.24) is 9.78 Å². The van der Waals surface area contributed by atoms with Gasteiger partial charge in [0.1, 0.15) is 0 Å². The first-order chi connectivity index (χ1) is 9.68. The standard InChI is InChI=1S/C14H15ClF3N3/c1-8(11-7-21(3)20-9(11)2)19-10-4-5-13(15)12(6-10)14(16,17)18/h4-8,19H,1-3H3. The van der Waals surface area contributed by atoms with E-state index in [9.17, 15) is 13.2 Å². The monoisotopic (exact) mass is 317 g/mol. The lowest BCUT2D eigenvalue weighted by Crippen LogP contribution is -2.10. The quantitative estimate of drug-likeness (QED) is 0.898. The van der Waals surface area contributed by atoms with Crippen LogP contribution in [0.3, 0.4) is 0 Å². The van der Waals surface area contributed by atoms with E-state index in [0.717, 1.165) is 17.3 Å². The Morgan fingerprint density at radius 2 is 2.00 bits per heavy atom. The van der Waals surface area contributed by atoms with E-state index in [1.807, 2.05) is 20.0 Å². The molecule has 0 spiro atoms. The Bertz CT molecular complexity index is 649. The van der Waals surface area contributed by atoms with Gasteiger partial charge in [0.05, 0.1) is 22.3 Å². The molecule has 1 aromatic heterocycles. The van der Waals surface area contributed by atoms with E-state index in [1.165, 1.54) is 12.1 Å². The molecule has 1 heterocycles. The highest BCUT2D eigenvalue weighted by molar-refractivity contribution is 6.31. The van der Waals surface area contributed by atoms with Gasteiger partial charge in [-0.2, -0.15) is 18.3 Å². The molecule has 0 saturated carbocycles. The van der Waals surface area contributed by atoms with Crippen molar-refractivity contribution in [3.63, 3.8) is 0 Å². The van der Waals surface area contributed by atoms with Crippen LogP contribution in [0.4, 0.5) is 18.9 Å². The van der Waals surface area contributed by atoms with Crippen LogP contribution < -0.4 is 5.32 Å². The smallest absolute Gasteiger partial charge is 0.378 e. The molecule has 2 rings (SSSR count). The molecule has 0 radical (unpaired) electrons. The third kappa shape index (κ3) is 3.50. The average Bonchev–Trinajstić information content (AvgIpc) is 2.69. The van der Waals surface area contributed by atoms with Crippen LogP contribution in [0.2, 0.25) is 5.02 Å². The molecular weight excluding hydrogens is 303 g/mol. The van der Waals surface area contributed by atoms with Crippen LogP contribution in [0.25, 0.3) is 0 Å². The molecule has 3 nitrogen and oxygen atoms in total. The van der Waals surface area contributed by atoms with Gasteiger partial charge < -0.3 is 5.32 Å². The number of rotatable bonds is 3. The van der Waals surface area contributed by atoms with E-state index in [2.05, 4.69) is 10.4 Å². The number of aromatic nitrogens is 2. The minimum Gasteiger partial charge on any atom is -0.378 e. The van der Waals surface area contributed by atoms with Gasteiger partial charge in [0.2, 0.25) is 0 Å². The predicted octanol–water partition coefficient (Wildman–Crippen LogP) is 4.57. The Kier molecular flexibility index (Phi) is 4.18. The van der Waals surface area contributed by atoms with Crippen molar-refractivity contribution in [2.45, 2.75) is 26.1 Å². The van der Waals surface area contributed by atoms with E-state index < -0.39 is 11.7 Å². The van der Waals surface area contributed by atoms with Crippen LogP contribution in [-0.4, -0.2) is 9.78 Å². The van der Waals surface area contributed by atoms with E-state index in [0.29, 0.717) is 5.69 Å². The van der Waals surface area contributed by atoms with Gasteiger partial charge in [-0.3, -0.25) is 4.68 Å². The Labute approximate surface area is 125 Å². The lowest BCUT2D eigenvalue weighted by atomic mass is 10.1. The molecule has 1 N–H and O–H groups in total. The number of benzene rings is 1. The summed E-state index contributed by atoms with van der Waals surface area (Å²) in [6, 6.07) is 3.63. The van der Waals surface area contributed by atoms with Crippen LogP contribution in [0.15, 0.2) is 24.4 Å². The summed E-state index contributed by atoms with van der Waals surface area (Å²) in [5, 5.41) is 6.95. The normalized spacial score (nSPS) is 13.3. The van der Waals surface area contributed by atoms with E-state index >= 15 is 0 Å². The number of nitrogens with zero attached hydrogens (tertiary/aromatic N) is 2. The number of nitrogens with one attached hydrogen (secondary N) is 1. The summed E-state index contributed by atoms with van der Waals surface area (Å²) in [5.74, 6) is 0. The fourth-order valence-electron chi connectivity index (χ4n) is 2.20. The zero-order valence-corrected chi connectivity index (χ0v) is 12.5. The first-order valence-corrected chi connectivity index (χ1v) is 6.69. The molecule has 0 aliphatic carbocycles. The van der Waals surface area contributed by atoms with Crippen LogP contribution >= 0.6 is 11.6 Å². The number of anilines is 1. The van der Waals surface area contributed by atoms with Gasteiger partial charge in [0.15, 0.2) is 0 Å². The maximum atomic E-state index is 12.8. The van der Waals surface area contributed by atoms with Crippen molar-refractivity contribution >= 4 is 17.3 Å². The molecule has 0 saturated heterocycles. The zero-order chi connectivity index (χ0) is 15.8. The fraction of sp³-hybridized carbons (Fsp3) is 0.357. The Hall–Kier alpha value is -1.69. The van der Waals surface area contributed by atoms with Crippen molar-refractivity contribution in [3.8, 4) is 0 Å². The molecule has 7 heteroatoms. The molecule has 0 aliphatic rings. The summed E-state index contributed by atoms with van der Waals surface area (Å²) in [6.45, 7) is 3.72. The summed E-state index contributed by atoms with van der Waals surface area (Å²) < 4.78 is 40.2. The van der Waals surface area contributed by atoms with Gasteiger partial charge >= 0.3 is 6.18 Å². The van der Waals surface area contributed by atoms with Crippen LogP contribution in [0, 0.1) is 6.92 Å². The highest BCUT2D eigenvalue weighted by Gasteiger charge is 2.33. The fourth-order valence-corrected chi connectivity index (χ4v) is 2.43. The van der Waals surface area contributed by atoms with E-state index in [1.54, 1.807) is 11.7 Å². The first-order valence-electron chi connectivity index (χ1n) is 6.32. The van der Waals surface area contributed by atoms with Crippen molar-refractivity contribution in [2.75, 3.05) is 5.32 Å². The van der Waals surface area contributed by atoms with Gasteiger partial charge in [-0.1, -0.05) is 11.6 Å². The third-order valence-electron chi connectivity index (χ3n) is 3.17. The summed E-state index contributed by atoms with van der Waals surface area (Å²) >= 11 is 5.60. The second-order valence-corrected chi connectivity index (χ2v) is 5.31. The highest BCUT2D eigenvalue weighted by Crippen LogP contribution is 2.36. The van der Waals surface area contributed by atoms with E-state index in [-0.39, 0.29) is 11.1 Å². The van der Waals surface area contributed by atoms with Crippen molar-refractivity contribution in [3.05, 3.63) is 46.2 Å². The van der Waals surface area contributed by atoms with Gasteiger partial charge in [-0.05, 0) is 32.0 Å². The molecule has 1 atom stereocenters. The van der Waals surface area contributed by atoms with Gasteiger partial charge in [-0.15, -0.1) is 0 Å². The molecule has 21 heavy (non-hydrogen) atoms. The van der Waals surface area contributed by atoms with Gasteiger partial charge in [0, 0.05) is 24.5 Å². The number of hydrogen-bond acceptors (Lipinski definition) is 2. The van der Waals surface area contributed by atoms with Gasteiger partial charge in [0.25, 0.3) is 0 Å². The molecule has 0 fully saturated rings. The van der Waals surface area contributed by atoms with Gasteiger partial charge in [-0.25, -0.2) is 0 Å². The number of aryl methyl sites for hydroxylation is 2. The molecule has 114 valence electrons. The lowest BCUT2D eigenvalue weighted by molar-refractivity contribution is -0.137. The number of hydrogen-bond donors (Lipinski definition) is 1. The lowest BCUT2D eigenvalue weighted by Gasteiger charge is -2.17. The van der Waals surface area contributed by atoms with Crippen molar-refractivity contribution in [1.29, 1.82) is 0 Å². The summed E-state index contributed by atoms with van der Waals surface area (Å²) in [6.07, 6.45) is -2.63. The molecule has 2 aromatic rings. The molecule has 1 unspecified atom stereocenters.